The monoisotopic (exact) mass is 904 g/mol. The lowest BCUT2D eigenvalue weighted by Gasteiger charge is -2.36. The number of anilines is 4. The third-order valence-electron chi connectivity index (χ3n) is 11.6. The highest BCUT2D eigenvalue weighted by Gasteiger charge is 2.41. The van der Waals surface area contributed by atoms with Gasteiger partial charge in [-0.25, -0.2) is 19.6 Å². The molecular weight excluding hydrogens is 852 g/mol. The Bertz CT molecular complexity index is 2330. The average molecular weight is 906 g/mol. The van der Waals surface area contributed by atoms with Gasteiger partial charge < -0.3 is 20.4 Å². The molecule has 2 saturated heterocycles. The van der Waals surface area contributed by atoms with Gasteiger partial charge in [0.15, 0.2) is 11.6 Å². The molecule has 4 aliphatic rings. The van der Waals surface area contributed by atoms with E-state index < -0.39 is 0 Å². The van der Waals surface area contributed by atoms with Crippen molar-refractivity contribution >= 4 is 74.5 Å². The van der Waals surface area contributed by atoms with Crippen LogP contribution in [0.4, 0.5) is 32.6 Å². The normalized spacial score (nSPS) is 16.2. The van der Waals surface area contributed by atoms with Crippen molar-refractivity contribution in [3.63, 3.8) is 0 Å². The number of hydrogen-bond acceptors (Lipinski definition) is 10. The molecule has 0 aliphatic carbocycles. The summed E-state index contributed by atoms with van der Waals surface area (Å²) in [6.45, 7) is 8.69. The largest absolute Gasteiger partial charge is 0.366 e. The molecule has 4 bridgehead atoms. The summed E-state index contributed by atoms with van der Waals surface area (Å²) >= 11 is 0. The maximum absolute atomic E-state index is 13.2. The number of aromatic nitrogens is 6. The molecule has 4 amide bonds. The van der Waals surface area contributed by atoms with Crippen molar-refractivity contribution in [3.05, 3.63) is 132 Å². The number of fused-ring (bicyclic) bond motifs is 8. The summed E-state index contributed by atoms with van der Waals surface area (Å²) < 4.78 is 0. The molecular formula is C46H53ClN12O2S2. The second-order valence-electron chi connectivity index (χ2n) is 15.7. The lowest BCUT2D eigenvalue weighted by atomic mass is 10.1. The minimum Gasteiger partial charge on any atom is -0.366 e. The second kappa shape index (κ2) is 20.9. The van der Waals surface area contributed by atoms with Crippen molar-refractivity contribution in [2.45, 2.75) is 51.6 Å². The molecule has 0 saturated carbocycles. The van der Waals surface area contributed by atoms with E-state index in [1.807, 2.05) is 96.7 Å². The van der Waals surface area contributed by atoms with Crippen LogP contribution in [0.25, 0.3) is 22.5 Å². The van der Waals surface area contributed by atoms with Crippen LogP contribution in [0.15, 0.2) is 110 Å². The van der Waals surface area contributed by atoms with Crippen LogP contribution in [-0.2, 0) is 12.8 Å². The van der Waals surface area contributed by atoms with E-state index in [4.69, 9.17) is 9.97 Å². The van der Waals surface area contributed by atoms with Crippen molar-refractivity contribution in [1.82, 2.24) is 40.5 Å². The number of carbonyl (C=O) groups is 2. The number of aryl methyl sites for hydroxylation is 2. The Morgan fingerprint density at radius 3 is 1.46 bits per heavy atom. The third kappa shape index (κ3) is 10.3. The van der Waals surface area contributed by atoms with E-state index in [2.05, 4.69) is 52.5 Å². The van der Waals surface area contributed by atoms with Gasteiger partial charge in [-0.15, -0.1) is 12.4 Å². The molecule has 10 rings (SSSR count). The molecule has 17 heteroatoms. The molecule has 2 N–H and O–H groups in total. The first-order valence-corrected chi connectivity index (χ1v) is 20.7. The molecule has 14 nitrogen and oxygen atoms in total. The van der Waals surface area contributed by atoms with Crippen molar-refractivity contribution in [3.8, 4) is 22.5 Å². The number of carbonyl (C=O) groups excluding carboxylic acids is 2. The van der Waals surface area contributed by atoms with Crippen LogP contribution < -0.4 is 30.2 Å². The fraction of sp³-hybridized carbons (Fsp3) is 0.304. The minimum absolute atomic E-state index is 0. The van der Waals surface area contributed by atoms with Gasteiger partial charge >= 0.3 is 12.1 Å². The van der Waals surface area contributed by atoms with Gasteiger partial charge in [0.1, 0.15) is 0 Å². The van der Waals surface area contributed by atoms with E-state index in [1.165, 1.54) is 0 Å². The maximum atomic E-state index is 13.2. The number of urea groups is 2. The van der Waals surface area contributed by atoms with Crippen LogP contribution in [0.5, 0.6) is 0 Å². The van der Waals surface area contributed by atoms with E-state index in [9.17, 15) is 9.59 Å². The number of nitrogens with zero attached hydrogens (tertiary/aromatic N) is 10. The Kier molecular flexibility index (Phi) is 15.5. The molecule has 0 spiro atoms. The molecule has 10 heterocycles. The van der Waals surface area contributed by atoms with Gasteiger partial charge in [0.25, 0.3) is 0 Å². The summed E-state index contributed by atoms with van der Waals surface area (Å²) in [7, 11) is 0. The van der Waals surface area contributed by atoms with Gasteiger partial charge in [-0.1, -0.05) is 12.1 Å². The Balaban J connectivity index is 0.000000200. The smallest absolute Gasteiger partial charge is 0.323 e. The van der Waals surface area contributed by atoms with Gasteiger partial charge in [0.05, 0.1) is 34.8 Å². The summed E-state index contributed by atoms with van der Waals surface area (Å²) in [4.78, 5) is 61.4. The molecule has 6 aromatic heterocycles. The number of rotatable bonds is 8. The first-order chi connectivity index (χ1) is 29.4. The second-order valence-corrected chi connectivity index (χ2v) is 15.7. The van der Waals surface area contributed by atoms with Gasteiger partial charge in [0.2, 0.25) is 0 Å². The molecule has 6 aromatic rings. The number of hydrogen-bond donors (Lipinski definition) is 2. The van der Waals surface area contributed by atoms with E-state index >= 15 is 0 Å². The summed E-state index contributed by atoms with van der Waals surface area (Å²) in [5, 5.41) is 6.17. The molecule has 63 heavy (non-hydrogen) atoms. The van der Waals surface area contributed by atoms with Crippen molar-refractivity contribution < 1.29 is 9.59 Å². The van der Waals surface area contributed by atoms with Crippen LogP contribution in [0, 0.1) is 13.8 Å². The lowest BCUT2D eigenvalue weighted by Crippen LogP contribution is -2.51. The average Bonchev–Trinajstić information content (AvgIpc) is 3.90. The third-order valence-corrected chi connectivity index (χ3v) is 11.6. The fourth-order valence-corrected chi connectivity index (χ4v) is 8.56. The number of halogens is 1. The summed E-state index contributed by atoms with van der Waals surface area (Å²) in [5.41, 5.74) is 9.90. The number of pyridine rings is 6. The molecule has 4 aliphatic heterocycles. The topological polar surface area (TPSA) is 148 Å². The molecule has 0 radical (unpaired) electrons. The zero-order valence-corrected chi connectivity index (χ0v) is 38.1. The van der Waals surface area contributed by atoms with Gasteiger partial charge in [-0.05, 0) is 111 Å². The van der Waals surface area contributed by atoms with Gasteiger partial charge in [-0.3, -0.25) is 29.7 Å². The first kappa shape index (κ1) is 46.5. The summed E-state index contributed by atoms with van der Waals surface area (Å²) in [6.07, 6.45) is 14.2. The van der Waals surface area contributed by atoms with Crippen LogP contribution in [0.2, 0.25) is 0 Å². The zero-order chi connectivity index (χ0) is 41.0. The molecule has 0 unspecified atom stereocenters. The first-order valence-electron chi connectivity index (χ1n) is 20.7. The summed E-state index contributed by atoms with van der Waals surface area (Å²) in [6, 6.07) is 24.2. The molecule has 2 atom stereocenters. The van der Waals surface area contributed by atoms with E-state index in [0.717, 1.165) is 120 Å². The highest BCUT2D eigenvalue weighted by molar-refractivity contribution is 7.59. The lowest BCUT2D eigenvalue weighted by molar-refractivity contribution is 0.243. The van der Waals surface area contributed by atoms with Crippen LogP contribution in [0.1, 0.15) is 35.4 Å². The standard InChI is InChI=1S/2C23H24N6O.ClH.2H2S/c2*1-16-13-18(7-11-25-16)20-4-5-21-22(27-20)29(19-8-12-28(21)15-19)23(30)26-10-6-17-3-2-9-24-14-17;;;/h2*2-5,7,9,11,13-14,19H,6,8,10,12,15H2,1H3,(H,26,30);1H;2*1H2/t2*19-;;;/m00.../s1. The highest BCUT2D eigenvalue weighted by atomic mass is 35.5. The van der Waals surface area contributed by atoms with Crippen molar-refractivity contribution in [2.24, 2.45) is 0 Å². The van der Waals surface area contributed by atoms with E-state index in [-0.39, 0.29) is 63.5 Å². The molecule has 0 aromatic carbocycles. The quantitative estimate of drug-likeness (QED) is 0.163. The Morgan fingerprint density at radius 1 is 0.619 bits per heavy atom. The van der Waals surface area contributed by atoms with Crippen LogP contribution >= 0.6 is 39.4 Å². The van der Waals surface area contributed by atoms with Gasteiger partial charge in [-0.2, -0.15) is 27.0 Å². The van der Waals surface area contributed by atoms with Crippen molar-refractivity contribution in [2.75, 3.05) is 58.9 Å². The van der Waals surface area contributed by atoms with E-state index in [0.29, 0.717) is 13.1 Å². The Morgan fingerprint density at radius 2 is 1.06 bits per heavy atom. The Labute approximate surface area is 388 Å². The SMILES string of the molecule is Cc1cc(-c2ccc3c(n2)N(C(=O)NCCc2cccnc2)[C@H]2CCN3C2)ccn1.Cc1cc(-c2ccc3c(n2)N(C(=O)NCCc2cccnc2)[C@H]2CCN3C2)ccn1.Cl.S.S. The fourth-order valence-electron chi connectivity index (χ4n) is 8.56. The van der Waals surface area contributed by atoms with Crippen molar-refractivity contribution in [1.29, 1.82) is 0 Å². The zero-order valence-electron chi connectivity index (χ0n) is 35.3. The molecule has 328 valence electrons. The summed E-state index contributed by atoms with van der Waals surface area (Å²) in [5.74, 6) is 1.49. The maximum Gasteiger partial charge on any atom is 0.323 e. The number of nitrogens with one attached hydrogen (secondary N) is 2. The predicted molar refractivity (Wildman–Crippen MR) is 261 cm³/mol. The van der Waals surface area contributed by atoms with Crippen LogP contribution in [-0.4, -0.2) is 93.3 Å². The molecule has 2 fully saturated rings. The van der Waals surface area contributed by atoms with Gasteiger partial charge in [0, 0.05) is 99.0 Å². The van der Waals surface area contributed by atoms with E-state index in [1.54, 1.807) is 24.8 Å². The highest BCUT2D eigenvalue weighted by Crippen LogP contribution is 2.41. The predicted octanol–water partition coefficient (Wildman–Crippen LogP) is 7.04. The minimum atomic E-state index is -0.0813. The van der Waals surface area contributed by atoms with Crippen LogP contribution in [0.3, 0.4) is 0 Å². The Hall–Kier alpha value is -5.97. The number of amides is 4.